The standard InChI is InChI=1S/C24H25F3N4O2.C23H20F3N5O.3C21H20F3N3O/c25-24(26,27)19-4-2-1-3-18(19)16-5-7-31(8-6-16)23(32)22-14-20-21(29-22)13-17(15-28-20)30-9-11-33-12-10-30;24-23(25,26)18-4-2-1-3-17(18)15-5-8-30(9-6-15)22(32)21-12-19-20(29-21)11-16(13-28-19)31-10-7-27-14-31;3*1-13-10-18-17(25-12-13)11-19(26-18)20(28)27-8-6-14(7-9-27)15-4-2-3-5-16(15)21(22,23)24/h1-4,13-16,29H,5-12H2;1-4,7,10-15,29H,5-6,8-9H2;3*2-5,10-12,14,26H,6-9H2,1H3. The molecule has 0 spiro atoms. The summed E-state index contributed by atoms with van der Waals surface area (Å²) in [4.78, 5) is 117. The molecule has 11 aromatic heterocycles. The van der Waals surface area contributed by atoms with Crippen LogP contribution in [0.3, 0.4) is 0 Å². The number of amides is 5. The van der Waals surface area contributed by atoms with Crippen molar-refractivity contribution in [2.75, 3.05) is 96.7 Å². The van der Waals surface area contributed by atoms with E-state index < -0.39 is 58.7 Å². The summed E-state index contributed by atoms with van der Waals surface area (Å²) in [6.45, 7) is 12.9. The van der Waals surface area contributed by atoms with Gasteiger partial charge >= 0.3 is 30.9 Å². The number of pyridine rings is 5. The summed E-state index contributed by atoms with van der Waals surface area (Å²) in [5.74, 6) is -1.78. The van der Waals surface area contributed by atoms with E-state index in [2.05, 4.69) is 59.7 Å². The number of aromatic amines is 5. The number of ether oxygens (including phenoxy) is 1. The third-order valence-corrected chi connectivity index (χ3v) is 28.5. The number of imidazole rings is 1. The molecular formula is C110H105F15N18O6. The van der Waals surface area contributed by atoms with Gasteiger partial charge in [0.05, 0.1) is 126 Å². The van der Waals surface area contributed by atoms with E-state index in [0.29, 0.717) is 210 Å². The Morgan fingerprint density at radius 1 is 0.289 bits per heavy atom. The molecule has 6 fully saturated rings. The number of alkyl halides is 15. The number of rotatable bonds is 12. The Hall–Kier alpha value is -15.2. The van der Waals surface area contributed by atoms with Gasteiger partial charge in [-0.05, 0) is 250 Å². The van der Waals surface area contributed by atoms with Gasteiger partial charge in [0.1, 0.15) is 28.5 Å². The van der Waals surface area contributed by atoms with Gasteiger partial charge in [0.15, 0.2) is 0 Å². The van der Waals surface area contributed by atoms with E-state index in [1.54, 1.807) is 165 Å². The fraction of sp³-hybridized carbons (Fsp3) is 0.336. The average Bonchev–Trinajstić information content (AvgIpc) is 1.58. The van der Waals surface area contributed by atoms with E-state index in [9.17, 15) is 89.8 Å². The third kappa shape index (κ3) is 24.0. The van der Waals surface area contributed by atoms with E-state index in [1.165, 1.54) is 30.3 Å². The largest absolute Gasteiger partial charge is 0.416 e. The number of nitrogens with one attached hydrogen (secondary N) is 5. The first kappa shape index (κ1) is 104. The van der Waals surface area contributed by atoms with Crippen molar-refractivity contribution in [3.63, 3.8) is 0 Å². The first-order chi connectivity index (χ1) is 71.3. The molecule has 24 nitrogen and oxygen atoms in total. The number of aromatic nitrogens is 12. The minimum atomic E-state index is -4.38. The molecule has 776 valence electrons. The van der Waals surface area contributed by atoms with E-state index in [-0.39, 0.29) is 59.1 Å². The quantitative estimate of drug-likeness (QED) is 0.0713. The Morgan fingerprint density at radius 3 is 0.745 bits per heavy atom. The average molecular weight is 2060 g/mol. The third-order valence-electron chi connectivity index (χ3n) is 28.5. The van der Waals surface area contributed by atoms with Gasteiger partial charge in [-0.25, -0.2) is 4.98 Å². The fourth-order valence-corrected chi connectivity index (χ4v) is 20.8. The van der Waals surface area contributed by atoms with Crippen molar-refractivity contribution >= 4 is 90.4 Å². The maximum atomic E-state index is 13.4. The number of benzene rings is 5. The molecule has 0 aliphatic carbocycles. The smallest absolute Gasteiger partial charge is 0.378 e. The van der Waals surface area contributed by atoms with Crippen LogP contribution in [-0.4, -0.2) is 205 Å². The summed E-state index contributed by atoms with van der Waals surface area (Å²) in [6.07, 6.45) is -2.92. The van der Waals surface area contributed by atoms with Gasteiger partial charge in [0.2, 0.25) is 0 Å². The monoisotopic (exact) mass is 2060 g/mol. The molecule has 17 heterocycles. The van der Waals surface area contributed by atoms with Crippen LogP contribution in [0, 0.1) is 20.8 Å². The van der Waals surface area contributed by atoms with Crippen molar-refractivity contribution in [1.29, 1.82) is 0 Å². The zero-order valence-corrected chi connectivity index (χ0v) is 81.2. The summed E-state index contributed by atoms with van der Waals surface area (Å²) in [5, 5.41) is 0. The topological polar surface area (TPSA) is 275 Å². The van der Waals surface area contributed by atoms with Gasteiger partial charge in [0, 0.05) is 110 Å². The second-order valence-corrected chi connectivity index (χ2v) is 38.3. The Balaban J connectivity index is 0.000000122. The summed E-state index contributed by atoms with van der Waals surface area (Å²) >= 11 is 0. The minimum Gasteiger partial charge on any atom is -0.378 e. The lowest BCUT2D eigenvalue weighted by Gasteiger charge is -2.33. The van der Waals surface area contributed by atoms with Crippen molar-refractivity contribution in [3.8, 4) is 5.69 Å². The number of likely N-dealkylation sites (tertiary alicyclic amines) is 5. The first-order valence-corrected chi connectivity index (χ1v) is 49.2. The Labute approximate surface area is 844 Å². The van der Waals surface area contributed by atoms with Crippen LogP contribution >= 0.6 is 0 Å². The molecule has 149 heavy (non-hydrogen) atoms. The molecule has 5 amide bonds. The lowest BCUT2D eigenvalue weighted by Crippen LogP contribution is -2.38. The second-order valence-electron chi connectivity index (χ2n) is 38.3. The van der Waals surface area contributed by atoms with Gasteiger partial charge in [-0.15, -0.1) is 0 Å². The number of halogens is 15. The number of hydrogen-bond donors (Lipinski definition) is 5. The molecule has 5 aromatic carbocycles. The minimum absolute atomic E-state index is 0.141. The fourth-order valence-electron chi connectivity index (χ4n) is 20.8. The number of nitrogens with zero attached hydrogens (tertiary/aromatic N) is 13. The first-order valence-electron chi connectivity index (χ1n) is 49.2. The molecule has 39 heteroatoms. The zero-order chi connectivity index (χ0) is 105. The van der Waals surface area contributed by atoms with Crippen molar-refractivity contribution in [3.05, 3.63) is 332 Å². The molecule has 0 atom stereocenters. The Kier molecular flexibility index (Phi) is 30.4. The number of anilines is 1. The predicted molar refractivity (Wildman–Crippen MR) is 531 cm³/mol. The number of fused-ring (bicyclic) bond motifs is 5. The normalized spacial score (nSPS) is 16.3. The van der Waals surface area contributed by atoms with E-state index in [0.717, 1.165) is 116 Å². The molecule has 6 aliphatic rings. The SMILES string of the molecule is Cc1cnc2cc(C(=O)N3CCC(c4ccccc4C(F)(F)F)CC3)[nH]c2c1.Cc1cnc2cc(C(=O)N3CCC(c4ccccc4C(F)(F)F)CC3)[nH]c2c1.Cc1cnc2cc(C(=O)N3CCC(c4ccccc4C(F)(F)F)CC3)[nH]c2c1.O=C(c1cc2ncc(-n3ccnc3)cc2[nH]1)N1CCC(c2ccccc2C(F)(F)F)CC1.O=C(c1cc2ncc(N3CCOCC3)cc2[nH]1)N1CCC(c2ccccc2C(F)(F)F)CC1. The molecule has 0 unspecified atom stereocenters. The second kappa shape index (κ2) is 43.7. The molecule has 6 saturated heterocycles. The number of hydrogen-bond acceptors (Lipinski definition) is 13. The van der Waals surface area contributed by atoms with Crippen molar-refractivity contribution in [1.82, 2.24) is 83.9 Å². The molecule has 5 N–H and O–H groups in total. The molecule has 22 rings (SSSR count). The van der Waals surface area contributed by atoms with Crippen molar-refractivity contribution < 1.29 is 94.6 Å². The van der Waals surface area contributed by atoms with E-state index in [1.807, 2.05) is 55.7 Å². The molecule has 0 bridgehead atoms. The van der Waals surface area contributed by atoms with E-state index in [4.69, 9.17) is 4.74 Å². The van der Waals surface area contributed by atoms with Gasteiger partial charge in [-0.3, -0.25) is 48.9 Å². The number of morpholine rings is 1. The van der Waals surface area contributed by atoms with Crippen LogP contribution in [0.15, 0.2) is 232 Å². The summed E-state index contributed by atoms with van der Waals surface area (Å²) in [6, 6.07) is 47.0. The predicted octanol–water partition coefficient (Wildman–Crippen LogP) is 24.0. The number of piperidine rings is 5. The number of aryl methyl sites for hydroxylation is 3. The molecular weight excluding hydrogens is 1950 g/mol. The van der Waals surface area contributed by atoms with Crippen LogP contribution in [0.2, 0.25) is 0 Å². The van der Waals surface area contributed by atoms with Crippen LogP contribution in [-0.2, 0) is 35.6 Å². The number of H-pyrrole nitrogens is 5. The Morgan fingerprint density at radius 2 is 0.510 bits per heavy atom. The Bertz CT molecular complexity index is 7090. The van der Waals surface area contributed by atoms with Gasteiger partial charge < -0.3 is 63.6 Å². The van der Waals surface area contributed by atoms with Crippen LogP contribution in [0.1, 0.15) is 219 Å². The highest BCUT2D eigenvalue weighted by molar-refractivity contribution is 6.01. The highest BCUT2D eigenvalue weighted by Crippen LogP contribution is 2.46. The summed E-state index contributed by atoms with van der Waals surface area (Å²) in [5.41, 5.74) is 13.3. The highest BCUT2D eigenvalue weighted by Gasteiger charge is 2.43. The molecule has 16 aromatic rings. The number of carbonyl (C=O) groups excluding carboxylic acids is 5. The van der Waals surface area contributed by atoms with Crippen molar-refractivity contribution in [2.45, 2.75) is 145 Å². The van der Waals surface area contributed by atoms with Crippen LogP contribution < -0.4 is 4.90 Å². The lowest BCUT2D eigenvalue weighted by molar-refractivity contribution is -0.139. The maximum Gasteiger partial charge on any atom is 0.416 e. The van der Waals surface area contributed by atoms with Crippen LogP contribution in [0.5, 0.6) is 0 Å². The number of carbonyl (C=O) groups is 5. The maximum absolute atomic E-state index is 13.4. The molecule has 0 radical (unpaired) electrons. The van der Waals surface area contributed by atoms with E-state index >= 15 is 0 Å². The zero-order valence-electron chi connectivity index (χ0n) is 81.2. The highest BCUT2D eigenvalue weighted by atomic mass is 19.4. The molecule has 0 saturated carbocycles. The van der Waals surface area contributed by atoms with Gasteiger partial charge in [0.25, 0.3) is 29.5 Å². The van der Waals surface area contributed by atoms with Crippen molar-refractivity contribution in [2.24, 2.45) is 0 Å². The lowest BCUT2D eigenvalue weighted by atomic mass is 9.86. The van der Waals surface area contributed by atoms with Crippen LogP contribution in [0.4, 0.5) is 71.5 Å². The van der Waals surface area contributed by atoms with Crippen LogP contribution in [0.25, 0.3) is 60.9 Å². The summed E-state index contributed by atoms with van der Waals surface area (Å²) in [7, 11) is 0. The van der Waals surface area contributed by atoms with Gasteiger partial charge in [-0.2, -0.15) is 65.9 Å². The molecule has 6 aliphatic heterocycles. The summed E-state index contributed by atoms with van der Waals surface area (Å²) < 4.78 is 207. The van der Waals surface area contributed by atoms with Gasteiger partial charge in [-0.1, -0.05) is 91.0 Å².